The van der Waals surface area contributed by atoms with Crippen molar-refractivity contribution in [3.8, 4) is 55.6 Å². The molecule has 0 fully saturated rings. The standard InChI is InChI=1S/C67H38O2/c1-2-15-44-39(14-1)32-35-59-65(44)66-53(24-13-27-58(66)67(59)56-25-7-3-16-45(56)46-17-4-8-26-57(46)67)64-51-22-11-20-42(40-30-33-49-47-18-5-9-28-60(47)68-62(49)36-40)54(51)38-55-43(21-12-23-52(55)64)41-31-34-50-48-19-6-10-29-61(48)69-63(50)37-41/h1-38H. The summed E-state index contributed by atoms with van der Waals surface area (Å²) in [6.45, 7) is 0. The van der Waals surface area contributed by atoms with E-state index in [9.17, 15) is 0 Å². The van der Waals surface area contributed by atoms with E-state index in [1.54, 1.807) is 0 Å². The van der Waals surface area contributed by atoms with E-state index in [1.807, 2.05) is 12.1 Å². The fourth-order valence-electron chi connectivity index (χ4n) is 12.9. The number of para-hydroxylation sites is 2. The van der Waals surface area contributed by atoms with Gasteiger partial charge in [0.1, 0.15) is 22.3 Å². The molecule has 0 radical (unpaired) electrons. The zero-order valence-corrected chi connectivity index (χ0v) is 37.3. The fourth-order valence-corrected chi connectivity index (χ4v) is 12.9. The van der Waals surface area contributed by atoms with Crippen molar-refractivity contribution in [2.75, 3.05) is 0 Å². The summed E-state index contributed by atoms with van der Waals surface area (Å²) in [7, 11) is 0. The molecule has 2 aliphatic rings. The van der Waals surface area contributed by atoms with Gasteiger partial charge in [0.2, 0.25) is 0 Å². The predicted octanol–water partition coefficient (Wildman–Crippen LogP) is 18.3. The fraction of sp³-hybridized carbons (Fsp3) is 0.0149. The molecule has 1 spiro atoms. The highest BCUT2D eigenvalue weighted by Gasteiger charge is 2.52. The van der Waals surface area contributed by atoms with Gasteiger partial charge >= 0.3 is 0 Å². The third kappa shape index (κ3) is 4.84. The maximum Gasteiger partial charge on any atom is 0.136 e. The Hall–Kier alpha value is -8.98. The summed E-state index contributed by atoms with van der Waals surface area (Å²) in [4.78, 5) is 0. The average molecular weight is 875 g/mol. The molecular weight excluding hydrogens is 837 g/mol. The Kier molecular flexibility index (Phi) is 7.30. The molecule has 0 saturated carbocycles. The molecule has 0 atom stereocenters. The van der Waals surface area contributed by atoms with Crippen molar-refractivity contribution in [2.24, 2.45) is 0 Å². The highest BCUT2D eigenvalue weighted by Crippen LogP contribution is 2.65. The van der Waals surface area contributed by atoms with Gasteiger partial charge in [-0.1, -0.05) is 188 Å². The van der Waals surface area contributed by atoms with Gasteiger partial charge in [-0.15, -0.1) is 0 Å². The van der Waals surface area contributed by atoms with Crippen molar-refractivity contribution in [1.82, 2.24) is 0 Å². The van der Waals surface area contributed by atoms with Crippen LogP contribution in [0, 0.1) is 0 Å². The van der Waals surface area contributed by atoms with Crippen LogP contribution < -0.4 is 0 Å². The molecule has 69 heavy (non-hydrogen) atoms. The summed E-state index contributed by atoms with van der Waals surface area (Å²) in [6.07, 6.45) is 0. The summed E-state index contributed by atoms with van der Waals surface area (Å²) in [5.41, 5.74) is 20.7. The molecule has 16 rings (SSSR count). The van der Waals surface area contributed by atoms with Gasteiger partial charge in [-0.3, -0.25) is 0 Å². The molecule has 2 heteroatoms. The van der Waals surface area contributed by atoms with Crippen LogP contribution in [0.25, 0.3) is 132 Å². The van der Waals surface area contributed by atoms with E-state index in [0.717, 1.165) is 66.1 Å². The molecule has 0 bridgehead atoms. The lowest BCUT2D eigenvalue weighted by molar-refractivity contribution is 0.668. The summed E-state index contributed by atoms with van der Waals surface area (Å²) < 4.78 is 13.1. The summed E-state index contributed by atoms with van der Waals surface area (Å²) >= 11 is 0. The molecular formula is C67H38O2. The van der Waals surface area contributed by atoms with Gasteiger partial charge in [0.05, 0.1) is 5.41 Å². The van der Waals surface area contributed by atoms with E-state index >= 15 is 0 Å². The predicted molar refractivity (Wildman–Crippen MR) is 286 cm³/mol. The van der Waals surface area contributed by atoms with Gasteiger partial charge in [-0.25, -0.2) is 0 Å². The van der Waals surface area contributed by atoms with Crippen LogP contribution in [0.3, 0.4) is 0 Å². The molecule has 0 saturated heterocycles. The van der Waals surface area contributed by atoms with E-state index in [4.69, 9.17) is 8.83 Å². The lowest BCUT2D eigenvalue weighted by atomic mass is 9.70. The lowest BCUT2D eigenvalue weighted by Gasteiger charge is -2.30. The first-order valence-electron chi connectivity index (χ1n) is 23.9. The summed E-state index contributed by atoms with van der Waals surface area (Å²) in [6, 6.07) is 85.4. The third-order valence-corrected chi connectivity index (χ3v) is 15.7. The van der Waals surface area contributed by atoms with E-state index in [2.05, 4.69) is 218 Å². The second-order valence-electron chi connectivity index (χ2n) is 18.9. The zero-order valence-electron chi connectivity index (χ0n) is 37.3. The number of fused-ring (bicyclic) bond motifs is 20. The van der Waals surface area contributed by atoms with Crippen LogP contribution in [0.15, 0.2) is 239 Å². The number of furan rings is 2. The highest BCUT2D eigenvalue weighted by molar-refractivity contribution is 6.22. The highest BCUT2D eigenvalue weighted by atomic mass is 16.3. The Morgan fingerprint density at radius 1 is 0.232 bits per heavy atom. The Morgan fingerprint density at radius 2 is 0.681 bits per heavy atom. The first kappa shape index (κ1) is 37.1. The molecule has 12 aromatic carbocycles. The normalized spacial score (nSPS) is 13.3. The largest absolute Gasteiger partial charge is 0.456 e. The first-order chi connectivity index (χ1) is 34.2. The van der Waals surface area contributed by atoms with Crippen LogP contribution in [0.4, 0.5) is 0 Å². The van der Waals surface area contributed by atoms with Gasteiger partial charge in [0.15, 0.2) is 0 Å². The quantitative estimate of drug-likeness (QED) is 0.165. The van der Waals surface area contributed by atoms with Gasteiger partial charge in [0.25, 0.3) is 0 Å². The van der Waals surface area contributed by atoms with Crippen LogP contribution in [-0.4, -0.2) is 0 Å². The van der Waals surface area contributed by atoms with Crippen LogP contribution in [0.1, 0.15) is 22.3 Å². The van der Waals surface area contributed by atoms with Crippen molar-refractivity contribution < 1.29 is 8.83 Å². The Balaban J connectivity index is 1.04. The molecule has 2 nitrogen and oxygen atoms in total. The van der Waals surface area contributed by atoms with Crippen molar-refractivity contribution in [3.63, 3.8) is 0 Å². The van der Waals surface area contributed by atoms with Crippen molar-refractivity contribution in [1.29, 1.82) is 0 Å². The van der Waals surface area contributed by atoms with Gasteiger partial charge < -0.3 is 8.83 Å². The number of hydrogen-bond acceptors (Lipinski definition) is 2. The molecule has 318 valence electrons. The van der Waals surface area contributed by atoms with Gasteiger partial charge in [-0.05, 0) is 153 Å². The molecule has 2 aromatic heterocycles. The Morgan fingerprint density at radius 3 is 1.30 bits per heavy atom. The zero-order chi connectivity index (χ0) is 45.0. The van der Waals surface area contributed by atoms with Crippen LogP contribution >= 0.6 is 0 Å². The van der Waals surface area contributed by atoms with Crippen molar-refractivity contribution in [3.05, 3.63) is 253 Å². The van der Waals surface area contributed by atoms with E-state index < -0.39 is 5.41 Å². The molecule has 0 unspecified atom stereocenters. The average Bonchev–Trinajstić information content (AvgIpc) is 4.15. The number of rotatable bonds is 3. The maximum absolute atomic E-state index is 6.53. The van der Waals surface area contributed by atoms with Crippen LogP contribution in [-0.2, 0) is 5.41 Å². The number of benzene rings is 12. The molecule has 14 aromatic rings. The molecule has 0 amide bonds. The smallest absolute Gasteiger partial charge is 0.136 e. The minimum atomic E-state index is -0.501. The van der Waals surface area contributed by atoms with E-state index in [0.29, 0.717) is 0 Å². The maximum atomic E-state index is 6.53. The topological polar surface area (TPSA) is 26.3 Å². The molecule has 0 N–H and O–H groups in total. The molecule has 0 aliphatic heterocycles. The van der Waals surface area contributed by atoms with E-state index in [1.165, 1.54) is 88.0 Å². The summed E-state index contributed by atoms with van der Waals surface area (Å²) in [5, 5.41) is 11.8. The molecule has 2 aliphatic carbocycles. The molecule has 2 heterocycles. The lowest BCUT2D eigenvalue weighted by Crippen LogP contribution is -2.25. The first-order valence-corrected chi connectivity index (χ1v) is 23.9. The second-order valence-corrected chi connectivity index (χ2v) is 18.9. The minimum absolute atomic E-state index is 0.501. The van der Waals surface area contributed by atoms with E-state index in [-0.39, 0.29) is 0 Å². The van der Waals surface area contributed by atoms with Crippen LogP contribution in [0.5, 0.6) is 0 Å². The Labute approximate surface area is 396 Å². The third-order valence-electron chi connectivity index (χ3n) is 15.7. The summed E-state index contributed by atoms with van der Waals surface area (Å²) in [5.74, 6) is 0. The van der Waals surface area contributed by atoms with Crippen molar-refractivity contribution >= 4 is 76.2 Å². The van der Waals surface area contributed by atoms with Gasteiger partial charge in [-0.2, -0.15) is 0 Å². The minimum Gasteiger partial charge on any atom is -0.456 e. The monoisotopic (exact) mass is 874 g/mol. The SMILES string of the molecule is c1ccc2c(c1)-c1ccccc1C21c2cccc(-c3c4cccc(-c5ccc6c(c5)oc5ccccc56)c4cc4c(-c5ccc6c(c5)oc5ccccc56)cccc34)c2-c2c1ccc1ccccc21. The number of hydrogen-bond donors (Lipinski definition) is 0. The Bertz CT molecular complexity index is 4340. The van der Waals surface area contributed by atoms with Crippen LogP contribution in [0.2, 0.25) is 0 Å². The second kappa shape index (κ2) is 13.6. The van der Waals surface area contributed by atoms with Crippen molar-refractivity contribution in [2.45, 2.75) is 5.41 Å². The van der Waals surface area contributed by atoms with Gasteiger partial charge in [0, 0.05) is 21.5 Å².